The molecule has 0 bridgehead atoms. The lowest BCUT2D eigenvalue weighted by molar-refractivity contribution is 0.967. The SMILES string of the molecule is CC=N/C(C#Cc1ccc(/C(=C/CC)CCC)cc1)=C\C. The normalized spacial score (nSPS) is 12.4. The number of hydrogen-bond acceptors (Lipinski definition) is 1. The van der Waals surface area contributed by atoms with Crippen LogP contribution in [0.2, 0.25) is 0 Å². The first-order valence-electron chi connectivity index (χ1n) is 7.71. The Hall–Kier alpha value is -2.07. The molecule has 0 spiro atoms. The van der Waals surface area contributed by atoms with E-state index in [9.17, 15) is 0 Å². The molecular weight excluding hydrogens is 254 g/mol. The van der Waals surface area contributed by atoms with Gasteiger partial charge in [0, 0.05) is 11.8 Å². The van der Waals surface area contributed by atoms with E-state index in [-0.39, 0.29) is 0 Å². The summed E-state index contributed by atoms with van der Waals surface area (Å²) in [4.78, 5) is 4.21. The third kappa shape index (κ3) is 5.83. The van der Waals surface area contributed by atoms with Crippen molar-refractivity contribution in [3.63, 3.8) is 0 Å². The molecule has 0 aliphatic carbocycles. The van der Waals surface area contributed by atoms with Crippen LogP contribution in [0.15, 0.2) is 47.1 Å². The van der Waals surface area contributed by atoms with Gasteiger partial charge in [0.25, 0.3) is 0 Å². The molecule has 0 saturated carbocycles. The molecule has 1 aromatic carbocycles. The second-order valence-electron chi connectivity index (χ2n) is 4.78. The van der Waals surface area contributed by atoms with Crippen molar-refractivity contribution >= 4 is 11.8 Å². The minimum atomic E-state index is 0.805. The van der Waals surface area contributed by atoms with E-state index in [1.807, 2.05) is 19.9 Å². The number of aliphatic imine (C=N–C) groups is 1. The zero-order chi connectivity index (χ0) is 15.5. The zero-order valence-electron chi connectivity index (χ0n) is 13.6. The molecule has 0 unspecified atom stereocenters. The molecule has 0 aliphatic rings. The van der Waals surface area contributed by atoms with Crippen molar-refractivity contribution < 1.29 is 0 Å². The highest BCUT2D eigenvalue weighted by Crippen LogP contribution is 2.20. The number of hydrogen-bond donors (Lipinski definition) is 0. The lowest BCUT2D eigenvalue weighted by Gasteiger charge is -2.06. The summed E-state index contributed by atoms with van der Waals surface area (Å²) in [5.41, 5.74) is 4.57. The number of benzene rings is 1. The predicted octanol–water partition coefficient (Wildman–Crippen LogP) is 5.63. The van der Waals surface area contributed by atoms with Crippen LogP contribution in [0, 0.1) is 11.8 Å². The third-order valence-electron chi connectivity index (χ3n) is 3.10. The molecule has 1 nitrogen and oxygen atoms in total. The molecule has 1 heteroatoms. The van der Waals surface area contributed by atoms with Gasteiger partial charge in [-0.3, -0.25) is 4.99 Å². The van der Waals surface area contributed by atoms with Crippen LogP contribution >= 0.6 is 0 Å². The van der Waals surface area contributed by atoms with Gasteiger partial charge in [-0.15, -0.1) is 0 Å². The van der Waals surface area contributed by atoms with Crippen molar-refractivity contribution in [3.05, 3.63) is 53.2 Å². The number of nitrogens with zero attached hydrogens (tertiary/aromatic N) is 1. The Balaban J connectivity index is 2.93. The first-order valence-corrected chi connectivity index (χ1v) is 7.71. The maximum Gasteiger partial charge on any atom is 0.108 e. The average Bonchev–Trinajstić information content (AvgIpc) is 2.52. The highest BCUT2D eigenvalue weighted by Gasteiger charge is 1.99. The maximum absolute atomic E-state index is 4.21. The molecule has 0 radical (unpaired) electrons. The second-order valence-corrected chi connectivity index (χ2v) is 4.78. The van der Waals surface area contributed by atoms with Gasteiger partial charge in [0.2, 0.25) is 0 Å². The predicted molar refractivity (Wildman–Crippen MR) is 94.4 cm³/mol. The van der Waals surface area contributed by atoms with E-state index in [4.69, 9.17) is 0 Å². The van der Waals surface area contributed by atoms with Crippen molar-refractivity contribution in [1.82, 2.24) is 0 Å². The summed E-state index contributed by atoms with van der Waals surface area (Å²) in [6, 6.07) is 8.51. The van der Waals surface area contributed by atoms with E-state index < -0.39 is 0 Å². The van der Waals surface area contributed by atoms with Gasteiger partial charge in [0.15, 0.2) is 0 Å². The zero-order valence-corrected chi connectivity index (χ0v) is 13.6. The summed E-state index contributed by atoms with van der Waals surface area (Å²) >= 11 is 0. The van der Waals surface area contributed by atoms with Crippen molar-refractivity contribution in [2.24, 2.45) is 4.99 Å². The van der Waals surface area contributed by atoms with Crippen molar-refractivity contribution in [2.45, 2.75) is 47.0 Å². The number of allylic oxidation sites excluding steroid dienone is 4. The molecule has 0 aliphatic heterocycles. The van der Waals surface area contributed by atoms with Crippen LogP contribution in [0.4, 0.5) is 0 Å². The van der Waals surface area contributed by atoms with E-state index in [0.717, 1.165) is 24.1 Å². The lowest BCUT2D eigenvalue weighted by Crippen LogP contribution is -1.85. The monoisotopic (exact) mass is 279 g/mol. The van der Waals surface area contributed by atoms with E-state index in [0.29, 0.717) is 0 Å². The smallest absolute Gasteiger partial charge is 0.108 e. The fraction of sp³-hybridized carbons (Fsp3) is 0.350. The van der Waals surface area contributed by atoms with Crippen molar-refractivity contribution in [1.29, 1.82) is 0 Å². The standard InChI is InChI=1S/C20H25N/c1-5-9-18(10-6-2)19-14-11-17(12-15-19)13-16-20(7-3)21-8-4/h7-9,11-12,14-15H,5-6,10H2,1-4H3/b18-9+,20-7-,21-8?. The second kappa shape index (κ2) is 9.77. The minimum Gasteiger partial charge on any atom is -0.253 e. The fourth-order valence-electron chi connectivity index (χ4n) is 2.10. The van der Waals surface area contributed by atoms with E-state index in [2.05, 4.69) is 61.0 Å². The van der Waals surface area contributed by atoms with Gasteiger partial charge in [0.05, 0.1) is 0 Å². The molecule has 0 saturated heterocycles. The first-order chi connectivity index (χ1) is 10.2. The largest absolute Gasteiger partial charge is 0.253 e. The first kappa shape index (κ1) is 17.0. The lowest BCUT2D eigenvalue weighted by atomic mass is 9.99. The van der Waals surface area contributed by atoms with Gasteiger partial charge in [-0.05, 0) is 55.9 Å². The van der Waals surface area contributed by atoms with Crippen molar-refractivity contribution in [2.75, 3.05) is 0 Å². The molecule has 0 fully saturated rings. The van der Waals surface area contributed by atoms with Gasteiger partial charge in [-0.1, -0.05) is 50.5 Å². The van der Waals surface area contributed by atoms with Crippen LogP contribution < -0.4 is 0 Å². The Labute approximate surface area is 129 Å². The van der Waals surface area contributed by atoms with Gasteiger partial charge in [0.1, 0.15) is 5.70 Å². The summed E-state index contributed by atoms with van der Waals surface area (Å²) < 4.78 is 0. The van der Waals surface area contributed by atoms with Crippen LogP contribution in [0.5, 0.6) is 0 Å². The highest BCUT2D eigenvalue weighted by molar-refractivity contribution is 5.66. The third-order valence-corrected chi connectivity index (χ3v) is 3.10. The summed E-state index contributed by atoms with van der Waals surface area (Å²) in [6.07, 6.45) is 9.39. The Morgan fingerprint density at radius 3 is 2.38 bits per heavy atom. The van der Waals surface area contributed by atoms with Crippen LogP contribution in [0.25, 0.3) is 5.57 Å². The fourth-order valence-corrected chi connectivity index (χ4v) is 2.10. The van der Waals surface area contributed by atoms with Gasteiger partial charge in [-0.25, -0.2) is 0 Å². The molecule has 110 valence electrons. The number of rotatable bonds is 5. The summed E-state index contributed by atoms with van der Waals surface area (Å²) in [7, 11) is 0. The molecule has 0 aromatic heterocycles. The summed E-state index contributed by atoms with van der Waals surface area (Å²) in [5.74, 6) is 6.24. The Bertz CT molecular complexity index is 575. The molecule has 1 aromatic rings. The van der Waals surface area contributed by atoms with Crippen LogP contribution in [0.3, 0.4) is 0 Å². The topological polar surface area (TPSA) is 12.4 Å². The Morgan fingerprint density at radius 2 is 1.86 bits per heavy atom. The minimum absolute atomic E-state index is 0.805. The molecule has 21 heavy (non-hydrogen) atoms. The van der Waals surface area contributed by atoms with Crippen LogP contribution in [0.1, 0.15) is 58.1 Å². The maximum atomic E-state index is 4.21. The van der Waals surface area contributed by atoms with E-state index in [1.165, 1.54) is 17.6 Å². The summed E-state index contributed by atoms with van der Waals surface area (Å²) in [5, 5.41) is 0. The quantitative estimate of drug-likeness (QED) is 0.489. The molecule has 0 amide bonds. The molecule has 0 atom stereocenters. The van der Waals surface area contributed by atoms with Crippen LogP contribution in [-0.4, -0.2) is 6.21 Å². The molecule has 0 heterocycles. The van der Waals surface area contributed by atoms with Crippen LogP contribution in [-0.2, 0) is 0 Å². The molecule has 0 N–H and O–H groups in total. The Morgan fingerprint density at radius 1 is 1.14 bits per heavy atom. The van der Waals surface area contributed by atoms with E-state index >= 15 is 0 Å². The molecular formula is C20H25N. The Kier molecular flexibility index (Phi) is 7.90. The van der Waals surface area contributed by atoms with Gasteiger partial charge >= 0.3 is 0 Å². The molecule has 1 rings (SSSR count). The average molecular weight is 279 g/mol. The van der Waals surface area contributed by atoms with E-state index in [1.54, 1.807) is 6.21 Å². The van der Waals surface area contributed by atoms with Crippen molar-refractivity contribution in [3.8, 4) is 11.8 Å². The summed E-state index contributed by atoms with van der Waals surface area (Å²) in [6.45, 7) is 8.25. The van der Waals surface area contributed by atoms with Gasteiger partial charge in [-0.2, -0.15) is 0 Å². The van der Waals surface area contributed by atoms with Gasteiger partial charge < -0.3 is 0 Å². The highest BCUT2D eigenvalue weighted by atomic mass is 14.7.